The molecule has 0 saturated heterocycles. The maximum atomic E-state index is 11.8. The van der Waals surface area contributed by atoms with Crippen molar-refractivity contribution < 1.29 is 9.53 Å². The first-order valence-electron chi connectivity index (χ1n) is 6.39. The van der Waals surface area contributed by atoms with E-state index in [0.717, 1.165) is 0 Å². The molecule has 0 fully saturated rings. The van der Waals surface area contributed by atoms with Gasteiger partial charge in [-0.25, -0.2) is 0 Å². The molecule has 0 aliphatic carbocycles. The fourth-order valence-corrected chi connectivity index (χ4v) is 2.25. The van der Waals surface area contributed by atoms with Crippen molar-refractivity contribution >= 4 is 29.1 Å². The Morgan fingerprint density at radius 2 is 2.29 bits per heavy atom. The summed E-state index contributed by atoms with van der Waals surface area (Å²) in [6, 6.07) is 6.63. The fraction of sp³-hybridized carbons (Fsp3) is 0.286. The van der Waals surface area contributed by atoms with Crippen molar-refractivity contribution in [1.29, 1.82) is 0 Å². The van der Waals surface area contributed by atoms with Gasteiger partial charge in [-0.05, 0) is 31.2 Å². The van der Waals surface area contributed by atoms with Crippen molar-refractivity contribution in [2.75, 3.05) is 6.61 Å². The van der Waals surface area contributed by atoms with Crippen LogP contribution in [-0.2, 0) is 11.3 Å². The average Bonchev–Trinajstić information content (AvgIpc) is 2.90. The Hall–Kier alpha value is -1.72. The summed E-state index contributed by atoms with van der Waals surface area (Å²) < 4.78 is 7.12. The Kier molecular flexibility index (Phi) is 5.47. The molecule has 0 bridgehead atoms. The third kappa shape index (κ3) is 4.95. The third-order valence-corrected chi connectivity index (χ3v) is 3.21. The highest BCUT2D eigenvalue weighted by atomic mass is 35.5. The molecule has 1 aromatic heterocycles. The number of benzene rings is 1. The van der Waals surface area contributed by atoms with Crippen LogP contribution in [0.3, 0.4) is 0 Å². The smallest absolute Gasteiger partial charge is 0.258 e. The number of hydrogen-bond donors (Lipinski definition) is 1. The Labute approximate surface area is 132 Å². The molecule has 5 nitrogen and oxygen atoms in total. The lowest BCUT2D eigenvalue weighted by Gasteiger charge is -2.14. The number of carbonyl (C=O) groups is 1. The van der Waals surface area contributed by atoms with Crippen molar-refractivity contribution in [3.63, 3.8) is 0 Å². The molecule has 112 valence electrons. The summed E-state index contributed by atoms with van der Waals surface area (Å²) in [5, 5.41) is 7.80. The number of nitrogens with one attached hydrogen (secondary N) is 1. The number of amides is 1. The number of carbonyl (C=O) groups excluding carboxylic acids is 1. The molecule has 2 aromatic rings. The zero-order chi connectivity index (χ0) is 15.2. The first-order chi connectivity index (χ1) is 10.0. The maximum Gasteiger partial charge on any atom is 0.258 e. The summed E-state index contributed by atoms with van der Waals surface area (Å²) in [5.74, 6) is 0.205. The molecule has 0 saturated carbocycles. The lowest BCUT2D eigenvalue weighted by molar-refractivity contribution is -0.123. The molecular formula is C14H15Cl2N3O2. The largest absolute Gasteiger partial charge is 0.482 e. The summed E-state index contributed by atoms with van der Waals surface area (Å²) >= 11 is 11.7. The first-order valence-corrected chi connectivity index (χ1v) is 7.15. The molecule has 0 spiro atoms. The quantitative estimate of drug-likeness (QED) is 0.887. The molecule has 0 aliphatic heterocycles. The minimum atomic E-state index is -0.222. The van der Waals surface area contributed by atoms with Gasteiger partial charge in [0.25, 0.3) is 5.91 Å². The Balaban J connectivity index is 1.79. The van der Waals surface area contributed by atoms with E-state index in [1.54, 1.807) is 29.1 Å². The van der Waals surface area contributed by atoms with Gasteiger partial charge in [-0.2, -0.15) is 5.10 Å². The van der Waals surface area contributed by atoms with E-state index in [1.165, 1.54) is 0 Å². The summed E-state index contributed by atoms with van der Waals surface area (Å²) in [6.45, 7) is 2.39. The van der Waals surface area contributed by atoms with Crippen molar-refractivity contribution in [2.45, 2.75) is 19.5 Å². The minimum absolute atomic E-state index is 0.0540. The zero-order valence-electron chi connectivity index (χ0n) is 11.4. The second kappa shape index (κ2) is 7.33. The minimum Gasteiger partial charge on any atom is -0.482 e. The highest BCUT2D eigenvalue weighted by Gasteiger charge is 2.10. The van der Waals surface area contributed by atoms with E-state index in [2.05, 4.69) is 10.4 Å². The van der Waals surface area contributed by atoms with E-state index in [1.807, 2.05) is 19.2 Å². The van der Waals surface area contributed by atoms with Crippen molar-refractivity contribution in [1.82, 2.24) is 15.1 Å². The van der Waals surface area contributed by atoms with Gasteiger partial charge in [0.2, 0.25) is 0 Å². The lowest BCUT2D eigenvalue weighted by Crippen LogP contribution is -2.38. The summed E-state index contributed by atoms with van der Waals surface area (Å²) in [6.07, 6.45) is 3.53. The molecule has 2 rings (SSSR count). The van der Waals surface area contributed by atoms with Crippen LogP contribution in [0.25, 0.3) is 0 Å². The average molecular weight is 328 g/mol. The fourth-order valence-electron chi connectivity index (χ4n) is 1.79. The highest BCUT2D eigenvalue weighted by molar-refractivity contribution is 6.35. The van der Waals surface area contributed by atoms with Gasteiger partial charge in [0.05, 0.1) is 11.6 Å². The molecule has 1 N–H and O–H groups in total. The number of aromatic nitrogens is 2. The zero-order valence-corrected chi connectivity index (χ0v) is 12.9. The van der Waals surface area contributed by atoms with Gasteiger partial charge < -0.3 is 10.1 Å². The van der Waals surface area contributed by atoms with Crippen molar-refractivity contribution in [3.8, 4) is 5.75 Å². The van der Waals surface area contributed by atoms with Crippen LogP contribution in [0.2, 0.25) is 10.0 Å². The van der Waals surface area contributed by atoms with E-state index in [0.29, 0.717) is 22.3 Å². The second-order valence-electron chi connectivity index (χ2n) is 4.56. The van der Waals surface area contributed by atoms with E-state index in [9.17, 15) is 4.79 Å². The number of rotatable bonds is 6. The van der Waals surface area contributed by atoms with E-state index in [-0.39, 0.29) is 18.6 Å². The third-order valence-electron chi connectivity index (χ3n) is 2.68. The first kappa shape index (κ1) is 15.7. The van der Waals surface area contributed by atoms with Gasteiger partial charge in [-0.1, -0.05) is 23.2 Å². The number of nitrogens with zero attached hydrogens (tertiary/aromatic N) is 2. The molecule has 1 amide bonds. The number of halogens is 2. The molecule has 1 aromatic carbocycles. The topological polar surface area (TPSA) is 56.2 Å². The van der Waals surface area contributed by atoms with Crippen LogP contribution in [0.5, 0.6) is 5.75 Å². The summed E-state index contributed by atoms with van der Waals surface area (Å²) in [5.41, 5.74) is 0. The SMILES string of the molecule is C[C@H](Cn1cccn1)NC(=O)COc1ccc(Cl)cc1Cl. The van der Waals surface area contributed by atoms with Crippen LogP contribution in [0.15, 0.2) is 36.7 Å². The van der Waals surface area contributed by atoms with Crippen molar-refractivity contribution in [3.05, 3.63) is 46.7 Å². The standard InChI is InChI=1S/C14H15Cl2N3O2/c1-10(8-19-6-2-5-17-19)18-14(20)9-21-13-4-3-11(15)7-12(13)16/h2-7,10H,8-9H2,1H3,(H,18,20)/t10-/m1/s1. The van der Waals surface area contributed by atoms with Crippen LogP contribution in [0.4, 0.5) is 0 Å². The molecule has 0 unspecified atom stereocenters. The lowest BCUT2D eigenvalue weighted by atomic mass is 10.3. The highest BCUT2D eigenvalue weighted by Crippen LogP contribution is 2.27. The number of hydrogen-bond acceptors (Lipinski definition) is 3. The van der Waals surface area contributed by atoms with Crippen LogP contribution in [-0.4, -0.2) is 28.3 Å². The molecule has 1 atom stereocenters. The van der Waals surface area contributed by atoms with E-state index in [4.69, 9.17) is 27.9 Å². The van der Waals surface area contributed by atoms with Gasteiger partial charge in [0.1, 0.15) is 5.75 Å². The number of ether oxygens (including phenoxy) is 1. The van der Waals surface area contributed by atoms with Crippen LogP contribution >= 0.6 is 23.2 Å². The van der Waals surface area contributed by atoms with Crippen molar-refractivity contribution in [2.24, 2.45) is 0 Å². The summed E-state index contributed by atoms with van der Waals surface area (Å²) in [7, 11) is 0. The molecule has 7 heteroatoms. The van der Waals surface area contributed by atoms with Crippen LogP contribution in [0, 0.1) is 0 Å². The maximum absolute atomic E-state index is 11.8. The van der Waals surface area contributed by atoms with Crippen LogP contribution in [0.1, 0.15) is 6.92 Å². The monoisotopic (exact) mass is 327 g/mol. The van der Waals surface area contributed by atoms with Gasteiger partial charge in [-0.15, -0.1) is 0 Å². The van der Waals surface area contributed by atoms with Gasteiger partial charge in [0.15, 0.2) is 6.61 Å². The molecular weight excluding hydrogens is 313 g/mol. The normalized spacial score (nSPS) is 12.0. The van der Waals surface area contributed by atoms with Crippen LogP contribution < -0.4 is 10.1 Å². The van der Waals surface area contributed by atoms with E-state index < -0.39 is 0 Å². The molecule has 21 heavy (non-hydrogen) atoms. The van der Waals surface area contributed by atoms with Gasteiger partial charge in [0, 0.05) is 23.5 Å². The predicted molar refractivity (Wildman–Crippen MR) is 81.8 cm³/mol. The Bertz CT molecular complexity index is 602. The van der Waals surface area contributed by atoms with Gasteiger partial charge >= 0.3 is 0 Å². The summed E-state index contributed by atoms with van der Waals surface area (Å²) in [4.78, 5) is 11.8. The predicted octanol–water partition coefficient (Wildman–Crippen LogP) is 2.77. The molecule has 1 heterocycles. The molecule has 0 radical (unpaired) electrons. The second-order valence-corrected chi connectivity index (χ2v) is 5.40. The van der Waals surface area contributed by atoms with Gasteiger partial charge in [-0.3, -0.25) is 9.48 Å². The van der Waals surface area contributed by atoms with E-state index >= 15 is 0 Å². The Morgan fingerprint density at radius 3 is 2.95 bits per heavy atom. The Morgan fingerprint density at radius 1 is 1.48 bits per heavy atom. The molecule has 0 aliphatic rings.